The molecule has 326 valence electrons. The molecule has 2 aliphatic rings. The predicted molar refractivity (Wildman–Crippen MR) is 223 cm³/mol. The quantitative estimate of drug-likeness (QED) is 0.129. The van der Waals surface area contributed by atoms with Crippen LogP contribution in [0.2, 0.25) is 0 Å². The van der Waals surface area contributed by atoms with Crippen LogP contribution in [0.25, 0.3) is 0 Å². The van der Waals surface area contributed by atoms with E-state index in [1.165, 1.54) is 20.8 Å². The monoisotopic (exact) mass is 851 g/mol. The summed E-state index contributed by atoms with van der Waals surface area (Å²) < 4.78 is 57.3. The number of ether oxygens (including phenoxy) is 5. The molecular weight excluding hydrogens is 795 g/mol. The van der Waals surface area contributed by atoms with Crippen molar-refractivity contribution in [2.45, 2.75) is 114 Å². The smallest absolute Gasteiger partial charge is 0.321 e. The first-order valence-corrected chi connectivity index (χ1v) is 21.8. The molecule has 3 N–H and O–H groups in total. The van der Waals surface area contributed by atoms with Crippen molar-refractivity contribution < 1.29 is 56.4 Å². The lowest BCUT2D eigenvalue weighted by Gasteiger charge is -2.45. The number of sulfone groups is 1. The Balaban J connectivity index is 1.50. The first kappa shape index (κ1) is 46.0. The molecule has 1 fully saturated rings. The van der Waals surface area contributed by atoms with Gasteiger partial charge in [0.05, 0.1) is 23.4 Å². The summed E-state index contributed by atoms with van der Waals surface area (Å²) in [6.45, 7) is 7.11. The molecule has 3 aromatic rings. The van der Waals surface area contributed by atoms with Gasteiger partial charge < -0.3 is 44.3 Å². The van der Waals surface area contributed by atoms with Gasteiger partial charge in [-0.25, -0.2) is 13.2 Å². The van der Waals surface area contributed by atoms with E-state index in [9.17, 15) is 32.7 Å². The Labute approximate surface area is 352 Å². The van der Waals surface area contributed by atoms with E-state index in [0.29, 0.717) is 29.7 Å². The Morgan fingerprint density at radius 2 is 1.58 bits per heavy atom. The average molecular weight is 852 g/mol. The number of nitrogens with zero attached hydrogens (tertiary/aromatic N) is 1. The molecule has 15 nitrogen and oxygen atoms in total. The SMILES string of the molecule is CCCC[C@]1(CC)CS(=O)(=O)c2ccc(N(C)C)cc2[C@H](c2cccc(NC(=O)N[C@@H]3O[C@H](COC(C)=O)[C@@H](OC(C)=O)C(OCc4ccccc4)[C@H]3OC(C)=O)c2)[C@@H]1O. The Kier molecular flexibility index (Phi) is 15.4. The number of urea groups is 1. The van der Waals surface area contributed by atoms with Crippen LogP contribution in [-0.4, -0.2) is 101 Å². The second-order valence-electron chi connectivity index (χ2n) is 15.6. The highest BCUT2D eigenvalue weighted by Gasteiger charge is 2.52. The van der Waals surface area contributed by atoms with E-state index >= 15 is 0 Å². The molecule has 3 aromatic carbocycles. The van der Waals surface area contributed by atoms with Gasteiger partial charge in [0, 0.05) is 57.6 Å². The third-order valence-electron chi connectivity index (χ3n) is 11.1. The van der Waals surface area contributed by atoms with Crippen molar-refractivity contribution >= 4 is 45.2 Å². The molecule has 0 bridgehead atoms. The molecular formula is C44H57N3O12S. The number of fused-ring (bicyclic) bond motifs is 1. The number of rotatable bonds is 15. The van der Waals surface area contributed by atoms with E-state index in [-0.39, 0.29) is 23.9 Å². The molecule has 1 saturated heterocycles. The summed E-state index contributed by atoms with van der Waals surface area (Å²) in [5, 5.41) is 18.0. The Bertz CT molecular complexity index is 2100. The Morgan fingerprint density at radius 3 is 2.22 bits per heavy atom. The minimum absolute atomic E-state index is 0.00171. The van der Waals surface area contributed by atoms with Crippen molar-refractivity contribution in [2.24, 2.45) is 5.41 Å². The number of aliphatic hydroxyl groups is 1. The second-order valence-corrected chi connectivity index (χ2v) is 17.6. The van der Waals surface area contributed by atoms with E-state index in [4.69, 9.17) is 23.7 Å². The van der Waals surface area contributed by atoms with E-state index in [1.807, 2.05) is 63.2 Å². The molecule has 0 spiro atoms. The number of unbranched alkanes of at least 4 members (excludes halogenated alkanes) is 1. The van der Waals surface area contributed by atoms with Gasteiger partial charge in [0.2, 0.25) is 0 Å². The van der Waals surface area contributed by atoms with Crippen LogP contribution < -0.4 is 15.5 Å². The van der Waals surface area contributed by atoms with Crippen LogP contribution in [0.15, 0.2) is 77.7 Å². The first-order chi connectivity index (χ1) is 28.5. The van der Waals surface area contributed by atoms with Crippen molar-refractivity contribution in [2.75, 3.05) is 36.7 Å². The lowest BCUT2D eigenvalue weighted by atomic mass is 9.69. The van der Waals surface area contributed by atoms with E-state index < -0.39 is 81.9 Å². The van der Waals surface area contributed by atoms with Gasteiger partial charge in [-0.1, -0.05) is 69.2 Å². The largest absolute Gasteiger partial charge is 0.463 e. The molecule has 0 aliphatic carbocycles. The number of aliphatic hydroxyl groups excluding tert-OH is 1. The van der Waals surface area contributed by atoms with E-state index in [0.717, 1.165) is 24.1 Å². The summed E-state index contributed by atoms with van der Waals surface area (Å²) in [7, 11) is -0.117. The van der Waals surface area contributed by atoms with Crippen LogP contribution in [0.4, 0.5) is 16.2 Å². The summed E-state index contributed by atoms with van der Waals surface area (Å²) in [5.41, 5.74) is 1.91. The highest BCUT2D eigenvalue weighted by Crippen LogP contribution is 2.49. The van der Waals surface area contributed by atoms with Crippen molar-refractivity contribution in [3.8, 4) is 0 Å². The summed E-state index contributed by atoms with van der Waals surface area (Å²) in [5.74, 6) is -3.06. The number of hydrogen-bond acceptors (Lipinski definition) is 13. The van der Waals surface area contributed by atoms with E-state index in [1.54, 1.807) is 42.5 Å². The summed E-state index contributed by atoms with van der Waals surface area (Å²) in [4.78, 5) is 52.7. The summed E-state index contributed by atoms with van der Waals surface area (Å²) in [6.07, 6.45) is -4.96. The first-order valence-electron chi connectivity index (χ1n) is 20.2. The summed E-state index contributed by atoms with van der Waals surface area (Å²) >= 11 is 0. The minimum Gasteiger partial charge on any atom is -0.463 e. The maximum absolute atomic E-state index is 14.1. The van der Waals surface area contributed by atoms with Crippen LogP contribution >= 0.6 is 0 Å². The van der Waals surface area contributed by atoms with Crippen molar-refractivity contribution in [3.05, 3.63) is 89.5 Å². The molecule has 60 heavy (non-hydrogen) atoms. The number of esters is 3. The average Bonchev–Trinajstić information content (AvgIpc) is 3.26. The van der Waals surface area contributed by atoms with Crippen molar-refractivity contribution in [1.29, 1.82) is 0 Å². The number of amides is 2. The fourth-order valence-electron chi connectivity index (χ4n) is 8.09. The second kappa shape index (κ2) is 20.0. The lowest BCUT2D eigenvalue weighted by Crippen LogP contribution is -2.66. The predicted octanol–water partition coefficient (Wildman–Crippen LogP) is 5.48. The van der Waals surface area contributed by atoms with Gasteiger partial charge in [0.25, 0.3) is 0 Å². The standard InChI is InChI=1S/C44H57N3O12S/c1-8-10-21-44(9-2)26-60(53,54)36-20-19-33(47(6)7)23-34(36)37(41(44)51)31-17-14-18-32(22-31)45-43(52)46-42-40(58-29(5)50)39(56-24-30-15-12-11-13-16-30)38(57-28(4)49)35(59-42)25-55-27(3)48/h11-20,22-23,35,37-42,51H,8-10,21,24-26H2,1-7H3,(H2,45,46,52)/t35-,37+,38-,39?,40-,41+,42-,44-/m1/s1. The molecule has 8 atom stereocenters. The van der Waals surface area contributed by atoms with Gasteiger partial charge in [0.1, 0.15) is 18.8 Å². The zero-order valence-electron chi connectivity index (χ0n) is 35.2. The highest BCUT2D eigenvalue weighted by molar-refractivity contribution is 7.91. The van der Waals surface area contributed by atoms with Gasteiger partial charge in [-0.15, -0.1) is 0 Å². The molecule has 16 heteroatoms. The van der Waals surface area contributed by atoms with Gasteiger partial charge in [-0.2, -0.15) is 0 Å². The molecule has 2 amide bonds. The third kappa shape index (κ3) is 11.0. The molecule has 0 aromatic heterocycles. The molecule has 2 aliphatic heterocycles. The van der Waals surface area contributed by atoms with Crippen LogP contribution in [0.1, 0.15) is 82.9 Å². The number of benzene rings is 3. The fraction of sp³-hybridized carbons (Fsp3) is 0.500. The number of carbonyl (C=O) groups excluding carboxylic acids is 4. The highest BCUT2D eigenvalue weighted by atomic mass is 32.2. The molecule has 5 rings (SSSR count). The molecule has 2 heterocycles. The number of anilines is 2. The molecule has 0 saturated carbocycles. The van der Waals surface area contributed by atoms with Gasteiger partial charge in [-0.3, -0.25) is 14.4 Å². The van der Waals surface area contributed by atoms with Gasteiger partial charge >= 0.3 is 23.9 Å². The number of nitrogens with one attached hydrogen (secondary N) is 2. The van der Waals surface area contributed by atoms with Crippen molar-refractivity contribution in [3.63, 3.8) is 0 Å². The van der Waals surface area contributed by atoms with Crippen LogP contribution in [0, 0.1) is 5.41 Å². The summed E-state index contributed by atoms with van der Waals surface area (Å²) in [6, 6.07) is 20.3. The van der Waals surface area contributed by atoms with Crippen LogP contribution in [0.3, 0.4) is 0 Å². The fourth-order valence-corrected chi connectivity index (χ4v) is 10.3. The van der Waals surface area contributed by atoms with Crippen LogP contribution in [0.5, 0.6) is 0 Å². The maximum Gasteiger partial charge on any atom is 0.321 e. The number of hydrogen-bond donors (Lipinski definition) is 3. The van der Waals surface area contributed by atoms with Gasteiger partial charge in [-0.05, 0) is 59.9 Å². The molecule has 0 radical (unpaired) electrons. The minimum atomic E-state index is -3.83. The maximum atomic E-state index is 14.1. The normalized spacial score (nSPS) is 25.8. The number of carbonyl (C=O) groups is 4. The topological polar surface area (TPSA) is 196 Å². The Hall–Kier alpha value is -5.03. The lowest BCUT2D eigenvalue weighted by molar-refractivity contribution is -0.260. The van der Waals surface area contributed by atoms with Crippen molar-refractivity contribution in [1.82, 2.24) is 5.32 Å². The van der Waals surface area contributed by atoms with Crippen LogP contribution in [-0.2, 0) is 54.5 Å². The zero-order chi connectivity index (χ0) is 43.8. The molecule has 1 unspecified atom stereocenters. The van der Waals surface area contributed by atoms with E-state index in [2.05, 4.69) is 10.6 Å². The van der Waals surface area contributed by atoms with Gasteiger partial charge in [0.15, 0.2) is 28.3 Å². The third-order valence-corrected chi connectivity index (χ3v) is 13.1. The zero-order valence-corrected chi connectivity index (χ0v) is 36.0. The Morgan fingerprint density at radius 1 is 0.883 bits per heavy atom.